The molecule has 0 saturated heterocycles. The van der Waals surface area contributed by atoms with Crippen LogP contribution in [0, 0.1) is 11.3 Å². The first-order chi connectivity index (χ1) is 16.4. The maximum absolute atomic E-state index is 13.0. The second-order valence-corrected chi connectivity index (χ2v) is 9.94. The maximum atomic E-state index is 13.0. The number of carbonyl (C=O) groups is 3. The number of aliphatic hydroxyl groups excluding tert-OH is 1. The van der Waals surface area contributed by atoms with E-state index in [0.29, 0.717) is 0 Å². The van der Waals surface area contributed by atoms with Crippen LogP contribution in [0.2, 0.25) is 0 Å². The van der Waals surface area contributed by atoms with Crippen LogP contribution < -0.4 is 10.6 Å². The molecule has 0 saturated carbocycles. The molecule has 0 radical (unpaired) electrons. The van der Waals surface area contributed by atoms with Crippen molar-refractivity contribution in [1.29, 1.82) is 0 Å². The van der Waals surface area contributed by atoms with Crippen LogP contribution >= 0.6 is 0 Å². The van der Waals surface area contributed by atoms with Crippen molar-refractivity contribution < 1.29 is 29.3 Å². The van der Waals surface area contributed by atoms with Gasteiger partial charge in [-0.25, -0.2) is 9.59 Å². The van der Waals surface area contributed by atoms with E-state index in [9.17, 15) is 24.6 Å². The van der Waals surface area contributed by atoms with Gasteiger partial charge in [0.05, 0.1) is 11.5 Å². The van der Waals surface area contributed by atoms with Gasteiger partial charge in [-0.15, -0.1) is 0 Å². The van der Waals surface area contributed by atoms with Crippen molar-refractivity contribution in [3.8, 4) is 11.1 Å². The van der Waals surface area contributed by atoms with Gasteiger partial charge in [0, 0.05) is 12.0 Å². The molecular formula is C27H34N2O6. The van der Waals surface area contributed by atoms with E-state index in [0.717, 1.165) is 22.3 Å². The molecule has 0 bridgehead atoms. The summed E-state index contributed by atoms with van der Waals surface area (Å²) in [6.45, 7) is 8.39. The lowest BCUT2D eigenvalue weighted by atomic mass is 9.77. The molecule has 3 atom stereocenters. The molecule has 2 amide bonds. The number of fused-ring (bicyclic) bond motifs is 3. The van der Waals surface area contributed by atoms with Crippen LogP contribution in [-0.4, -0.2) is 53.0 Å². The lowest BCUT2D eigenvalue weighted by molar-refractivity contribution is -0.147. The zero-order valence-corrected chi connectivity index (χ0v) is 20.7. The Morgan fingerprint density at radius 2 is 1.46 bits per heavy atom. The molecule has 3 rings (SSSR count). The molecule has 8 heteroatoms. The summed E-state index contributed by atoms with van der Waals surface area (Å²) in [6.07, 6.45) is -1.93. The first kappa shape index (κ1) is 26.2. The molecule has 2 aromatic carbocycles. The van der Waals surface area contributed by atoms with Gasteiger partial charge < -0.3 is 25.6 Å². The molecule has 188 valence electrons. The lowest BCUT2D eigenvalue weighted by Crippen LogP contribution is -2.58. The molecule has 1 unspecified atom stereocenters. The third-order valence-electron chi connectivity index (χ3n) is 6.68. The van der Waals surface area contributed by atoms with E-state index in [4.69, 9.17) is 4.74 Å². The molecule has 0 aliphatic heterocycles. The van der Waals surface area contributed by atoms with Crippen LogP contribution in [0.5, 0.6) is 0 Å². The Balaban J connectivity index is 1.71. The van der Waals surface area contributed by atoms with E-state index in [1.54, 1.807) is 13.8 Å². The average molecular weight is 483 g/mol. The predicted octanol–water partition coefficient (Wildman–Crippen LogP) is 3.53. The number of carboxylic acids is 1. The summed E-state index contributed by atoms with van der Waals surface area (Å²) < 4.78 is 5.64. The van der Waals surface area contributed by atoms with Crippen molar-refractivity contribution in [3.05, 3.63) is 59.7 Å². The summed E-state index contributed by atoms with van der Waals surface area (Å²) in [5.74, 6) is -2.19. The molecule has 0 spiro atoms. The van der Waals surface area contributed by atoms with Gasteiger partial charge in [0.25, 0.3) is 0 Å². The number of benzene rings is 2. The van der Waals surface area contributed by atoms with Gasteiger partial charge in [0.1, 0.15) is 6.61 Å². The molecule has 1 aliphatic rings. The van der Waals surface area contributed by atoms with Gasteiger partial charge in [0.2, 0.25) is 5.91 Å². The number of ether oxygens (including phenoxy) is 1. The summed E-state index contributed by atoms with van der Waals surface area (Å²) in [4.78, 5) is 37.2. The fraction of sp³-hybridized carbons (Fsp3) is 0.444. The van der Waals surface area contributed by atoms with Crippen LogP contribution in [0.15, 0.2) is 48.5 Å². The number of alkyl carbamates (subject to hydrolysis) is 1. The Morgan fingerprint density at radius 3 is 1.91 bits per heavy atom. The van der Waals surface area contributed by atoms with Crippen LogP contribution in [-0.2, 0) is 14.3 Å². The highest BCUT2D eigenvalue weighted by molar-refractivity contribution is 5.88. The van der Waals surface area contributed by atoms with Crippen molar-refractivity contribution in [1.82, 2.24) is 10.6 Å². The fourth-order valence-electron chi connectivity index (χ4n) is 4.80. The lowest BCUT2D eigenvalue weighted by Gasteiger charge is -2.37. The molecule has 1 aliphatic carbocycles. The van der Waals surface area contributed by atoms with Crippen molar-refractivity contribution in [2.45, 2.75) is 58.7 Å². The second kappa shape index (κ2) is 10.5. The van der Waals surface area contributed by atoms with Crippen LogP contribution in [0.4, 0.5) is 4.79 Å². The van der Waals surface area contributed by atoms with E-state index >= 15 is 0 Å². The summed E-state index contributed by atoms with van der Waals surface area (Å²) in [7, 11) is 0. The van der Waals surface area contributed by atoms with Gasteiger partial charge in [-0.2, -0.15) is 0 Å². The minimum Gasteiger partial charge on any atom is -0.480 e. The summed E-state index contributed by atoms with van der Waals surface area (Å²) in [5, 5.41) is 24.2. The van der Waals surface area contributed by atoms with Crippen molar-refractivity contribution in [2.24, 2.45) is 11.3 Å². The molecular weight excluding hydrogens is 448 g/mol. The highest BCUT2D eigenvalue weighted by atomic mass is 16.5. The minimum atomic E-state index is -1.45. The molecule has 4 N–H and O–H groups in total. The van der Waals surface area contributed by atoms with Crippen molar-refractivity contribution in [2.75, 3.05) is 6.61 Å². The summed E-state index contributed by atoms with van der Waals surface area (Å²) >= 11 is 0. The first-order valence-corrected chi connectivity index (χ1v) is 11.8. The van der Waals surface area contributed by atoms with Crippen molar-refractivity contribution in [3.63, 3.8) is 0 Å². The zero-order chi connectivity index (χ0) is 25.9. The van der Waals surface area contributed by atoms with E-state index in [-0.39, 0.29) is 18.4 Å². The highest BCUT2D eigenvalue weighted by Gasteiger charge is 2.42. The molecule has 8 nitrogen and oxygen atoms in total. The maximum Gasteiger partial charge on any atom is 0.407 e. The Labute approximate surface area is 205 Å². The monoisotopic (exact) mass is 482 g/mol. The molecule has 0 fully saturated rings. The standard InChI is InChI=1S/C27H34N2O6/c1-15(2)23(27(4,5)25(33)28-22(16(3)30)24(31)32)29-26(34)35-14-21-19-12-8-6-10-17(19)18-11-7-9-13-20(18)21/h6-13,15-16,21-23,30H,14H2,1-5H3,(H,28,33)(H,29,34)(H,31,32)/t16-,22+,23?/m1/s1. The third kappa shape index (κ3) is 5.48. The van der Waals surface area contributed by atoms with Gasteiger partial charge in [-0.3, -0.25) is 4.79 Å². The second-order valence-electron chi connectivity index (χ2n) is 9.94. The van der Waals surface area contributed by atoms with Gasteiger partial charge >= 0.3 is 12.1 Å². The SMILES string of the molecule is CC(C)C(NC(=O)OCC1c2ccccc2-c2ccccc21)C(C)(C)C(=O)N[C@H](C(=O)O)[C@@H](C)O. The highest BCUT2D eigenvalue weighted by Crippen LogP contribution is 2.44. The topological polar surface area (TPSA) is 125 Å². The Hall–Kier alpha value is -3.39. The molecule has 2 aromatic rings. The van der Waals surface area contributed by atoms with Crippen molar-refractivity contribution >= 4 is 18.0 Å². The third-order valence-corrected chi connectivity index (χ3v) is 6.68. The first-order valence-electron chi connectivity index (χ1n) is 11.8. The number of rotatable bonds is 9. The number of carbonyl (C=O) groups excluding carboxylic acids is 2. The molecule has 35 heavy (non-hydrogen) atoms. The van der Waals surface area contributed by atoms with Crippen LogP contribution in [0.3, 0.4) is 0 Å². The predicted molar refractivity (Wildman–Crippen MR) is 132 cm³/mol. The molecule has 0 heterocycles. The summed E-state index contributed by atoms with van der Waals surface area (Å²) in [5.41, 5.74) is 3.27. The van der Waals surface area contributed by atoms with Crippen LogP contribution in [0.25, 0.3) is 11.1 Å². The molecule has 0 aromatic heterocycles. The van der Waals surface area contributed by atoms with Crippen LogP contribution in [0.1, 0.15) is 51.7 Å². The number of aliphatic carboxylic acids is 1. The van der Waals surface area contributed by atoms with E-state index in [2.05, 4.69) is 22.8 Å². The zero-order valence-electron chi connectivity index (χ0n) is 20.7. The average Bonchev–Trinajstić information content (AvgIpc) is 3.12. The normalized spacial score (nSPS) is 15.5. The quantitative estimate of drug-likeness (QED) is 0.433. The Morgan fingerprint density at radius 1 is 0.943 bits per heavy atom. The Bertz CT molecular complexity index is 1050. The fourth-order valence-corrected chi connectivity index (χ4v) is 4.80. The minimum absolute atomic E-state index is 0.0932. The number of nitrogens with one attached hydrogen (secondary N) is 2. The smallest absolute Gasteiger partial charge is 0.407 e. The number of hydrogen-bond acceptors (Lipinski definition) is 5. The van der Waals surface area contributed by atoms with E-state index < -0.39 is 41.6 Å². The number of amides is 2. The Kier molecular flexibility index (Phi) is 7.85. The number of aliphatic hydroxyl groups is 1. The van der Waals surface area contributed by atoms with E-state index in [1.165, 1.54) is 6.92 Å². The van der Waals surface area contributed by atoms with E-state index in [1.807, 2.05) is 50.2 Å². The summed E-state index contributed by atoms with van der Waals surface area (Å²) in [6, 6.07) is 14.0. The van der Waals surface area contributed by atoms with Gasteiger partial charge in [-0.05, 0) is 48.9 Å². The largest absolute Gasteiger partial charge is 0.480 e. The number of hydrogen-bond donors (Lipinski definition) is 4. The van der Waals surface area contributed by atoms with Gasteiger partial charge in [0.15, 0.2) is 6.04 Å². The van der Waals surface area contributed by atoms with Gasteiger partial charge in [-0.1, -0.05) is 62.4 Å². The number of carboxylic acid groups (broad SMARTS) is 1.